The van der Waals surface area contributed by atoms with Crippen molar-refractivity contribution < 1.29 is 9.18 Å². The Kier molecular flexibility index (Phi) is 4.64. The first-order chi connectivity index (χ1) is 13.0. The minimum atomic E-state index is -0.510. The number of carbonyl (C=O) groups excluding carboxylic acids is 1. The largest absolute Gasteiger partial charge is 0.322 e. The lowest BCUT2D eigenvalue weighted by Gasteiger charge is -2.11. The highest BCUT2D eigenvalue weighted by Crippen LogP contribution is 2.32. The summed E-state index contributed by atoms with van der Waals surface area (Å²) >= 11 is 7.62. The first kappa shape index (κ1) is 17.6. The highest BCUT2D eigenvalue weighted by molar-refractivity contribution is 7.21. The topological polar surface area (TPSA) is 42.0 Å². The summed E-state index contributed by atoms with van der Waals surface area (Å²) in [7, 11) is 0. The number of thiazole rings is 1. The van der Waals surface area contributed by atoms with E-state index in [0.29, 0.717) is 5.69 Å². The second-order valence-electron chi connectivity index (χ2n) is 6.09. The average molecular weight is 397 g/mol. The van der Waals surface area contributed by atoms with Crippen molar-refractivity contribution in [2.75, 3.05) is 5.32 Å². The third kappa shape index (κ3) is 3.56. The van der Waals surface area contributed by atoms with E-state index in [1.807, 2.05) is 49.4 Å². The van der Waals surface area contributed by atoms with Crippen molar-refractivity contribution in [3.05, 3.63) is 82.6 Å². The molecule has 0 unspecified atom stereocenters. The Labute approximate surface area is 164 Å². The van der Waals surface area contributed by atoms with Crippen LogP contribution in [-0.2, 0) is 0 Å². The molecule has 0 saturated heterocycles. The molecule has 4 aromatic rings. The van der Waals surface area contributed by atoms with Crippen molar-refractivity contribution in [2.24, 2.45) is 0 Å². The number of halogens is 2. The van der Waals surface area contributed by atoms with Gasteiger partial charge >= 0.3 is 0 Å². The molecule has 0 fully saturated rings. The first-order valence-corrected chi connectivity index (χ1v) is 9.44. The summed E-state index contributed by atoms with van der Waals surface area (Å²) in [5, 5.41) is 3.90. The lowest BCUT2D eigenvalue weighted by Crippen LogP contribution is -2.13. The molecule has 1 N–H and O–H groups in total. The molecular weight excluding hydrogens is 383 g/mol. The molecule has 0 aliphatic rings. The quantitative estimate of drug-likeness (QED) is 0.440. The van der Waals surface area contributed by atoms with E-state index >= 15 is 0 Å². The van der Waals surface area contributed by atoms with Crippen LogP contribution >= 0.6 is 22.9 Å². The van der Waals surface area contributed by atoms with E-state index in [1.165, 1.54) is 12.1 Å². The number of anilines is 1. The van der Waals surface area contributed by atoms with Crippen LogP contribution in [0.4, 0.5) is 10.1 Å². The van der Waals surface area contributed by atoms with Gasteiger partial charge in [-0.05, 0) is 48.9 Å². The third-order valence-corrected chi connectivity index (χ3v) is 5.61. The van der Waals surface area contributed by atoms with Gasteiger partial charge in [0.05, 0.1) is 20.8 Å². The standard InChI is InChI=1S/C21H14ClFN2OS/c1-12-6-7-13(21-25-17-4-2-3-5-19(17)27-21)10-18(12)24-20(26)15-11-14(23)8-9-16(15)22/h2-11H,1H3,(H,24,26). The van der Waals surface area contributed by atoms with Crippen molar-refractivity contribution >= 4 is 44.7 Å². The molecule has 0 aliphatic carbocycles. The predicted molar refractivity (Wildman–Crippen MR) is 109 cm³/mol. The summed E-state index contributed by atoms with van der Waals surface area (Å²) in [5.74, 6) is -0.964. The zero-order valence-corrected chi connectivity index (χ0v) is 15.9. The van der Waals surface area contributed by atoms with Crippen LogP contribution in [-0.4, -0.2) is 10.9 Å². The van der Waals surface area contributed by atoms with Crippen molar-refractivity contribution in [1.82, 2.24) is 4.98 Å². The Morgan fingerprint density at radius 3 is 2.74 bits per heavy atom. The summed E-state index contributed by atoms with van der Waals surface area (Å²) in [6.45, 7) is 1.89. The molecule has 27 heavy (non-hydrogen) atoms. The van der Waals surface area contributed by atoms with Crippen molar-refractivity contribution in [3.63, 3.8) is 0 Å². The summed E-state index contributed by atoms with van der Waals surface area (Å²) in [5.41, 5.74) is 3.47. The van der Waals surface area contributed by atoms with E-state index in [0.717, 1.165) is 32.4 Å². The highest BCUT2D eigenvalue weighted by atomic mass is 35.5. The zero-order valence-electron chi connectivity index (χ0n) is 14.3. The van der Waals surface area contributed by atoms with Crippen LogP contribution in [0.5, 0.6) is 0 Å². The average Bonchev–Trinajstić information content (AvgIpc) is 3.09. The lowest BCUT2D eigenvalue weighted by atomic mass is 10.1. The Hall–Kier alpha value is -2.76. The van der Waals surface area contributed by atoms with Crippen LogP contribution < -0.4 is 5.32 Å². The molecule has 0 radical (unpaired) electrons. The van der Waals surface area contributed by atoms with Gasteiger partial charge in [0.25, 0.3) is 5.91 Å². The first-order valence-electron chi connectivity index (χ1n) is 8.24. The molecule has 1 heterocycles. The fourth-order valence-electron chi connectivity index (χ4n) is 2.75. The van der Waals surface area contributed by atoms with Gasteiger partial charge in [0.2, 0.25) is 0 Å². The smallest absolute Gasteiger partial charge is 0.257 e. The zero-order chi connectivity index (χ0) is 19.0. The molecule has 6 heteroatoms. The Morgan fingerprint density at radius 1 is 1.11 bits per heavy atom. The number of para-hydroxylation sites is 1. The minimum absolute atomic E-state index is 0.0986. The summed E-state index contributed by atoms with van der Waals surface area (Å²) in [4.78, 5) is 17.2. The van der Waals surface area contributed by atoms with Gasteiger partial charge in [0, 0.05) is 11.3 Å². The molecule has 4 rings (SSSR count). The van der Waals surface area contributed by atoms with Crippen LogP contribution in [0.1, 0.15) is 15.9 Å². The van der Waals surface area contributed by atoms with Gasteiger partial charge in [0.1, 0.15) is 10.8 Å². The number of aromatic nitrogens is 1. The van der Waals surface area contributed by atoms with Crippen LogP contribution in [0.3, 0.4) is 0 Å². The number of carbonyl (C=O) groups is 1. The van der Waals surface area contributed by atoms with Crippen LogP contribution in [0.2, 0.25) is 5.02 Å². The minimum Gasteiger partial charge on any atom is -0.322 e. The molecule has 0 atom stereocenters. The van der Waals surface area contributed by atoms with E-state index in [2.05, 4.69) is 10.3 Å². The van der Waals surface area contributed by atoms with Gasteiger partial charge < -0.3 is 5.32 Å². The van der Waals surface area contributed by atoms with E-state index in [4.69, 9.17) is 11.6 Å². The third-order valence-electron chi connectivity index (χ3n) is 4.20. The monoisotopic (exact) mass is 396 g/mol. The van der Waals surface area contributed by atoms with Gasteiger partial charge in [-0.25, -0.2) is 9.37 Å². The number of hydrogen-bond donors (Lipinski definition) is 1. The molecule has 1 aromatic heterocycles. The fraction of sp³-hybridized carbons (Fsp3) is 0.0476. The summed E-state index contributed by atoms with van der Waals surface area (Å²) < 4.78 is 14.6. The van der Waals surface area contributed by atoms with E-state index in [-0.39, 0.29) is 10.6 Å². The maximum absolute atomic E-state index is 13.5. The van der Waals surface area contributed by atoms with Crippen LogP contribution in [0, 0.1) is 12.7 Å². The van der Waals surface area contributed by atoms with Gasteiger partial charge in [-0.15, -0.1) is 11.3 Å². The second kappa shape index (κ2) is 7.10. The van der Waals surface area contributed by atoms with Gasteiger partial charge in [-0.3, -0.25) is 4.79 Å². The molecule has 3 aromatic carbocycles. The van der Waals surface area contributed by atoms with E-state index in [1.54, 1.807) is 11.3 Å². The molecule has 0 bridgehead atoms. The molecule has 3 nitrogen and oxygen atoms in total. The molecule has 0 saturated carbocycles. The maximum atomic E-state index is 13.5. The van der Waals surface area contributed by atoms with E-state index in [9.17, 15) is 9.18 Å². The summed E-state index contributed by atoms with van der Waals surface area (Å²) in [6.07, 6.45) is 0. The number of rotatable bonds is 3. The van der Waals surface area contributed by atoms with E-state index < -0.39 is 11.7 Å². The normalized spacial score (nSPS) is 10.9. The molecular formula is C21H14ClFN2OS. The van der Waals surface area contributed by atoms with Gasteiger partial charge in [-0.2, -0.15) is 0 Å². The number of nitrogens with zero attached hydrogens (tertiary/aromatic N) is 1. The van der Waals surface area contributed by atoms with Gasteiger partial charge in [0.15, 0.2) is 0 Å². The highest BCUT2D eigenvalue weighted by Gasteiger charge is 2.14. The second-order valence-corrected chi connectivity index (χ2v) is 7.53. The molecule has 1 amide bonds. The molecule has 0 spiro atoms. The van der Waals surface area contributed by atoms with Crippen molar-refractivity contribution in [1.29, 1.82) is 0 Å². The van der Waals surface area contributed by atoms with Crippen molar-refractivity contribution in [3.8, 4) is 10.6 Å². The molecule has 134 valence electrons. The Morgan fingerprint density at radius 2 is 1.93 bits per heavy atom. The predicted octanol–water partition coefficient (Wildman–Crippen LogP) is 6.32. The fourth-order valence-corrected chi connectivity index (χ4v) is 3.91. The van der Waals surface area contributed by atoms with Crippen LogP contribution in [0.25, 0.3) is 20.8 Å². The number of hydrogen-bond acceptors (Lipinski definition) is 3. The Bertz CT molecular complexity index is 1140. The number of benzene rings is 3. The maximum Gasteiger partial charge on any atom is 0.257 e. The Balaban J connectivity index is 1.68. The number of nitrogens with one attached hydrogen (secondary N) is 1. The number of aryl methyl sites for hydroxylation is 1. The summed E-state index contributed by atoms with van der Waals surface area (Å²) in [6, 6.07) is 17.4. The number of amides is 1. The van der Waals surface area contributed by atoms with Gasteiger partial charge in [-0.1, -0.05) is 35.9 Å². The molecule has 0 aliphatic heterocycles. The SMILES string of the molecule is Cc1ccc(-c2nc3ccccc3s2)cc1NC(=O)c1cc(F)ccc1Cl. The number of fused-ring (bicyclic) bond motifs is 1. The lowest BCUT2D eigenvalue weighted by molar-refractivity contribution is 0.102. The van der Waals surface area contributed by atoms with Crippen molar-refractivity contribution in [2.45, 2.75) is 6.92 Å². The van der Waals surface area contributed by atoms with Crippen LogP contribution in [0.15, 0.2) is 60.7 Å².